The van der Waals surface area contributed by atoms with Gasteiger partial charge in [-0.1, -0.05) is 12.8 Å². The molecule has 0 bridgehead atoms. The number of ether oxygens (including phenoxy) is 1. The molecule has 0 unspecified atom stereocenters. The third-order valence-electron chi connectivity index (χ3n) is 3.24. The topological polar surface area (TPSA) is 87.2 Å². The van der Waals surface area contributed by atoms with Crippen molar-refractivity contribution in [1.82, 2.24) is 9.80 Å². The van der Waals surface area contributed by atoms with Gasteiger partial charge in [0, 0.05) is 13.1 Å². The van der Waals surface area contributed by atoms with E-state index in [9.17, 15) is 14.4 Å². The van der Waals surface area contributed by atoms with Gasteiger partial charge in [0.1, 0.15) is 13.1 Å². The summed E-state index contributed by atoms with van der Waals surface area (Å²) in [4.78, 5) is 36.7. The number of esters is 1. The molecule has 0 heterocycles. The van der Waals surface area contributed by atoms with E-state index in [0.717, 1.165) is 25.7 Å². The van der Waals surface area contributed by atoms with E-state index in [1.807, 2.05) is 0 Å². The van der Waals surface area contributed by atoms with Crippen LogP contribution in [0.25, 0.3) is 0 Å². The number of urea groups is 1. The van der Waals surface area contributed by atoms with Gasteiger partial charge in [0.25, 0.3) is 0 Å². The van der Waals surface area contributed by atoms with Crippen molar-refractivity contribution in [3.8, 4) is 0 Å². The second kappa shape index (κ2) is 6.96. The van der Waals surface area contributed by atoms with Crippen molar-refractivity contribution >= 4 is 18.0 Å². The van der Waals surface area contributed by atoms with Crippen molar-refractivity contribution in [2.45, 2.75) is 31.7 Å². The summed E-state index contributed by atoms with van der Waals surface area (Å²) in [5.74, 6) is -1.58. The molecule has 2 amide bonds. The number of hydrogen-bond donors (Lipinski definition) is 1. The van der Waals surface area contributed by atoms with E-state index in [4.69, 9.17) is 5.11 Å². The van der Waals surface area contributed by atoms with E-state index in [0.29, 0.717) is 0 Å². The van der Waals surface area contributed by atoms with Gasteiger partial charge in [-0.2, -0.15) is 0 Å². The molecule has 0 aliphatic heterocycles. The lowest BCUT2D eigenvalue weighted by atomic mass is 10.2. The third-order valence-corrected chi connectivity index (χ3v) is 3.24. The molecule has 0 aromatic carbocycles. The minimum absolute atomic E-state index is 0.0521. The number of rotatable bonds is 5. The largest absolute Gasteiger partial charge is 0.480 e. The number of carboxylic acid groups (broad SMARTS) is 1. The third kappa shape index (κ3) is 4.42. The van der Waals surface area contributed by atoms with Crippen LogP contribution >= 0.6 is 0 Å². The number of likely N-dealkylation sites (N-methyl/N-ethyl adjacent to an activating group) is 1. The van der Waals surface area contributed by atoms with Crippen LogP contribution in [0.15, 0.2) is 0 Å². The van der Waals surface area contributed by atoms with E-state index in [2.05, 4.69) is 4.74 Å². The highest BCUT2D eigenvalue weighted by Gasteiger charge is 2.30. The molecule has 7 nitrogen and oxygen atoms in total. The summed E-state index contributed by atoms with van der Waals surface area (Å²) >= 11 is 0. The number of carboxylic acids is 1. The highest BCUT2D eigenvalue weighted by atomic mass is 16.5. The fraction of sp³-hybridized carbons (Fsp3) is 0.750. The summed E-state index contributed by atoms with van der Waals surface area (Å²) in [7, 11) is 2.70. The molecule has 1 N–H and O–H groups in total. The average Bonchev–Trinajstić information content (AvgIpc) is 2.88. The van der Waals surface area contributed by atoms with E-state index in [-0.39, 0.29) is 19.1 Å². The summed E-state index contributed by atoms with van der Waals surface area (Å²) in [6.45, 7) is -0.521. The van der Waals surface area contributed by atoms with Gasteiger partial charge in [0.05, 0.1) is 7.11 Å². The zero-order valence-corrected chi connectivity index (χ0v) is 11.3. The summed E-state index contributed by atoms with van der Waals surface area (Å²) in [5.41, 5.74) is 0. The Morgan fingerprint density at radius 3 is 2.26 bits per heavy atom. The first-order valence-electron chi connectivity index (χ1n) is 6.26. The molecule has 19 heavy (non-hydrogen) atoms. The average molecular weight is 272 g/mol. The molecule has 1 fully saturated rings. The number of nitrogens with zero attached hydrogens (tertiary/aromatic N) is 2. The van der Waals surface area contributed by atoms with Crippen molar-refractivity contribution in [3.05, 3.63) is 0 Å². The molecular weight excluding hydrogens is 252 g/mol. The summed E-state index contributed by atoms with van der Waals surface area (Å²) in [6, 6.07) is -0.497. The van der Waals surface area contributed by atoms with Crippen LogP contribution in [0.2, 0.25) is 0 Å². The maximum absolute atomic E-state index is 12.2. The minimum atomic E-state index is -1.05. The Labute approximate surface area is 112 Å². The summed E-state index contributed by atoms with van der Waals surface area (Å²) in [5, 5.41) is 8.90. The molecule has 7 heteroatoms. The second-order valence-electron chi connectivity index (χ2n) is 4.67. The van der Waals surface area contributed by atoms with E-state index in [1.165, 1.54) is 24.0 Å². The first-order valence-corrected chi connectivity index (χ1v) is 6.26. The molecule has 0 atom stereocenters. The molecule has 0 aromatic rings. The maximum Gasteiger partial charge on any atom is 0.325 e. The van der Waals surface area contributed by atoms with Gasteiger partial charge in [0.2, 0.25) is 0 Å². The predicted octanol–water partition coefficient (Wildman–Crippen LogP) is 0.540. The lowest BCUT2D eigenvalue weighted by Gasteiger charge is -2.31. The Morgan fingerprint density at radius 2 is 1.79 bits per heavy atom. The van der Waals surface area contributed by atoms with Gasteiger partial charge < -0.3 is 19.6 Å². The Kier molecular flexibility index (Phi) is 5.59. The van der Waals surface area contributed by atoms with Crippen LogP contribution in [-0.4, -0.2) is 66.2 Å². The molecule has 1 rings (SSSR count). The van der Waals surface area contributed by atoms with Crippen LogP contribution in [0.3, 0.4) is 0 Å². The molecule has 0 saturated heterocycles. The number of aliphatic carboxylic acids is 1. The normalized spacial score (nSPS) is 15.1. The summed E-state index contributed by atoms with van der Waals surface area (Å²) < 4.78 is 4.49. The molecule has 1 saturated carbocycles. The van der Waals surface area contributed by atoms with E-state index < -0.39 is 18.0 Å². The first kappa shape index (κ1) is 15.3. The SMILES string of the molecule is COC(=O)CN(C)C(=O)N(CC(=O)O)C1CCCC1. The van der Waals surface area contributed by atoms with E-state index >= 15 is 0 Å². The first-order chi connectivity index (χ1) is 8.95. The molecule has 0 aromatic heterocycles. The molecule has 108 valence electrons. The Balaban J connectivity index is 2.69. The molecule has 0 spiro atoms. The van der Waals surface area contributed by atoms with Crippen molar-refractivity contribution in [2.24, 2.45) is 0 Å². The molecule has 1 aliphatic rings. The van der Waals surface area contributed by atoms with Gasteiger partial charge >= 0.3 is 18.0 Å². The van der Waals surface area contributed by atoms with Crippen molar-refractivity contribution in [3.63, 3.8) is 0 Å². The van der Waals surface area contributed by atoms with Gasteiger partial charge in [-0.25, -0.2) is 4.79 Å². The lowest BCUT2D eigenvalue weighted by molar-refractivity contribution is -0.141. The van der Waals surface area contributed by atoms with E-state index in [1.54, 1.807) is 0 Å². The fourth-order valence-electron chi connectivity index (χ4n) is 2.26. The number of amides is 2. The highest BCUT2D eigenvalue weighted by molar-refractivity contribution is 5.83. The number of methoxy groups -OCH3 is 1. The Morgan fingerprint density at radius 1 is 1.21 bits per heavy atom. The van der Waals surface area contributed by atoms with Crippen LogP contribution in [0.1, 0.15) is 25.7 Å². The fourth-order valence-corrected chi connectivity index (χ4v) is 2.26. The summed E-state index contributed by atoms with van der Waals surface area (Å²) in [6.07, 6.45) is 3.61. The van der Waals surface area contributed by atoms with Gasteiger partial charge in [-0.3, -0.25) is 9.59 Å². The molecular formula is C12H20N2O5. The monoisotopic (exact) mass is 272 g/mol. The van der Waals surface area contributed by atoms with Crippen LogP contribution in [0.5, 0.6) is 0 Å². The van der Waals surface area contributed by atoms with Crippen molar-refractivity contribution < 1.29 is 24.2 Å². The standard InChI is InChI=1S/C12H20N2O5/c1-13(8-11(17)19-2)12(18)14(7-10(15)16)9-5-3-4-6-9/h9H,3-8H2,1-2H3,(H,15,16). The number of carbonyl (C=O) groups excluding carboxylic acids is 2. The Bertz CT molecular complexity index is 352. The zero-order valence-electron chi connectivity index (χ0n) is 11.3. The molecule has 0 radical (unpaired) electrons. The van der Waals surface area contributed by atoms with Crippen molar-refractivity contribution in [1.29, 1.82) is 0 Å². The van der Waals surface area contributed by atoms with Crippen LogP contribution in [-0.2, 0) is 14.3 Å². The Hall–Kier alpha value is -1.79. The van der Waals surface area contributed by atoms with Gasteiger partial charge in [-0.15, -0.1) is 0 Å². The molecule has 1 aliphatic carbocycles. The van der Waals surface area contributed by atoms with Gasteiger partial charge in [-0.05, 0) is 12.8 Å². The predicted molar refractivity (Wildman–Crippen MR) is 66.6 cm³/mol. The number of hydrogen-bond acceptors (Lipinski definition) is 4. The van der Waals surface area contributed by atoms with Gasteiger partial charge in [0.15, 0.2) is 0 Å². The quantitative estimate of drug-likeness (QED) is 0.738. The minimum Gasteiger partial charge on any atom is -0.480 e. The lowest BCUT2D eigenvalue weighted by Crippen LogP contribution is -2.49. The van der Waals surface area contributed by atoms with Crippen LogP contribution in [0, 0.1) is 0 Å². The van der Waals surface area contributed by atoms with Crippen LogP contribution < -0.4 is 0 Å². The zero-order chi connectivity index (χ0) is 14.4. The maximum atomic E-state index is 12.2. The second-order valence-corrected chi connectivity index (χ2v) is 4.67. The smallest absolute Gasteiger partial charge is 0.325 e. The number of carbonyl (C=O) groups is 3. The van der Waals surface area contributed by atoms with Crippen molar-refractivity contribution in [2.75, 3.05) is 27.2 Å². The van der Waals surface area contributed by atoms with Crippen LogP contribution in [0.4, 0.5) is 4.79 Å². The highest BCUT2D eigenvalue weighted by Crippen LogP contribution is 2.24.